The van der Waals surface area contributed by atoms with Crippen molar-refractivity contribution < 1.29 is 13.6 Å². The van der Waals surface area contributed by atoms with Crippen molar-refractivity contribution in [3.05, 3.63) is 47.5 Å². The van der Waals surface area contributed by atoms with Crippen molar-refractivity contribution >= 4 is 6.03 Å². The number of nitrogens with zero attached hydrogens (tertiary/aromatic N) is 5. The van der Waals surface area contributed by atoms with Crippen molar-refractivity contribution in [2.45, 2.75) is 51.5 Å². The second kappa shape index (κ2) is 6.99. The Kier molecular flexibility index (Phi) is 4.40. The summed E-state index contributed by atoms with van der Waals surface area (Å²) >= 11 is 0. The Morgan fingerprint density at radius 2 is 1.72 bits per heavy atom. The number of hydrogen-bond donors (Lipinski definition) is 0. The van der Waals surface area contributed by atoms with Gasteiger partial charge in [0.25, 0.3) is 0 Å². The molecular weight excluding hydrogens is 412 g/mol. The number of halogens is 2. The predicted octanol–water partition coefficient (Wildman–Crippen LogP) is 3.83. The fraction of sp³-hybridized carbons (Fsp3) is 0.625. The average molecular weight is 442 g/mol. The smallest absolute Gasteiger partial charge is 0.320 e. The van der Waals surface area contributed by atoms with Gasteiger partial charge in [0.1, 0.15) is 23.8 Å². The molecule has 2 aliphatic heterocycles. The fourth-order valence-electron chi connectivity index (χ4n) is 6.60. The third kappa shape index (κ3) is 3.21. The maximum Gasteiger partial charge on any atom is 0.320 e. The van der Waals surface area contributed by atoms with Crippen LogP contribution in [-0.2, 0) is 12.8 Å². The van der Waals surface area contributed by atoms with E-state index < -0.39 is 11.6 Å². The molecule has 4 aliphatic rings. The largest absolute Gasteiger partial charge is 0.323 e. The first-order valence-electron chi connectivity index (χ1n) is 11.7. The highest BCUT2D eigenvalue weighted by Crippen LogP contribution is 2.56. The first kappa shape index (κ1) is 20.1. The Hall–Kier alpha value is -2.51. The highest BCUT2D eigenvalue weighted by atomic mass is 19.1. The van der Waals surface area contributed by atoms with E-state index >= 15 is 0 Å². The lowest BCUT2D eigenvalue weighted by atomic mass is 9.56. The third-order valence-electron chi connectivity index (χ3n) is 8.20. The minimum atomic E-state index is -0.529. The van der Waals surface area contributed by atoms with E-state index in [1.54, 1.807) is 6.07 Å². The Morgan fingerprint density at radius 3 is 2.31 bits per heavy atom. The molecule has 6 rings (SSSR count). The van der Waals surface area contributed by atoms with Crippen LogP contribution < -0.4 is 0 Å². The summed E-state index contributed by atoms with van der Waals surface area (Å²) in [6.45, 7) is 5.41. The minimum Gasteiger partial charge on any atom is -0.323 e. The van der Waals surface area contributed by atoms with E-state index in [-0.39, 0.29) is 16.9 Å². The van der Waals surface area contributed by atoms with Gasteiger partial charge in [-0.05, 0) is 49.7 Å². The number of urea groups is 1. The molecular formula is C24H29F2N5O. The summed E-state index contributed by atoms with van der Waals surface area (Å²) in [4.78, 5) is 21.1. The second-order valence-electron chi connectivity index (χ2n) is 10.8. The van der Waals surface area contributed by atoms with Crippen LogP contribution in [0.4, 0.5) is 13.6 Å². The molecule has 0 bridgehead atoms. The van der Waals surface area contributed by atoms with Crippen LogP contribution in [0.15, 0.2) is 24.5 Å². The van der Waals surface area contributed by atoms with Crippen LogP contribution in [0.3, 0.4) is 0 Å². The molecule has 2 saturated heterocycles. The Bertz CT molecular complexity index is 1040. The Labute approximate surface area is 186 Å². The van der Waals surface area contributed by atoms with Gasteiger partial charge < -0.3 is 9.80 Å². The summed E-state index contributed by atoms with van der Waals surface area (Å²) < 4.78 is 29.0. The van der Waals surface area contributed by atoms with E-state index in [0.717, 1.165) is 70.2 Å². The first-order valence-corrected chi connectivity index (χ1v) is 11.7. The summed E-state index contributed by atoms with van der Waals surface area (Å²) in [5.41, 5.74) is 1.10. The standard InChI is InChI=1S/C24H29F2N5O/c1-2-21-27-15-31(28-21)19-9-24(10-19)13-30(14-24)22(32)29-11-23(12-29)7-16(8-23)5-17-3-4-18(25)6-20(17)26/h3-4,6,15-16,19H,2,5,7-14H2,1H3. The zero-order chi connectivity index (χ0) is 22.1. The second-order valence-corrected chi connectivity index (χ2v) is 10.8. The maximum atomic E-state index is 13.9. The molecule has 32 heavy (non-hydrogen) atoms. The zero-order valence-electron chi connectivity index (χ0n) is 18.4. The van der Waals surface area contributed by atoms with Gasteiger partial charge in [0.2, 0.25) is 0 Å². The van der Waals surface area contributed by atoms with E-state index in [4.69, 9.17) is 0 Å². The van der Waals surface area contributed by atoms with Gasteiger partial charge in [0, 0.05) is 49.5 Å². The topological polar surface area (TPSA) is 54.3 Å². The third-order valence-corrected chi connectivity index (χ3v) is 8.20. The van der Waals surface area contributed by atoms with Crippen molar-refractivity contribution in [3.8, 4) is 0 Å². The number of aryl methyl sites for hydroxylation is 1. The van der Waals surface area contributed by atoms with Gasteiger partial charge >= 0.3 is 6.03 Å². The van der Waals surface area contributed by atoms with Crippen LogP contribution in [0.1, 0.15) is 50.0 Å². The van der Waals surface area contributed by atoms with Gasteiger partial charge in [0.15, 0.2) is 0 Å². The Morgan fingerprint density at radius 1 is 1.06 bits per heavy atom. The summed E-state index contributed by atoms with van der Waals surface area (Å²) in [5.74, 6) is 0.343. The van der Waals surface area contributed by atoms with E-state index in [1.807, 2.05) is 20.8 Å². The highest BCUT2D eigenvalue weighted by molar-refractivity contribution is 5.77. The normalized spacial score (nSPS) is 23.6. The van der Waals surface area contributed by atoms with Gasteiger partial charge in [-0.15, -0.1) is 0 Å². The van der Waals surface area contributed by atoms with Gasteiger partial charge in [0.05, 0.1) is 6.04 Å². The SMILES string of the molecule is CCc1ncn(C2CC3(C2)CN(C(=O)N2CC4(CC(Cc5ccc(F)cc5F)C4)C2)C3)n1. The number of benzene rings is 1. The number of amides is 2. The molecule has 1 aromatic heterocycles. The van der Waals surface area contributed by atoms with E-state index in [9.17, 15) is 13.6 Å². The number of hydrogen-bond acceptors (Lipinski definition) is 3. The van der Waals surface area contributed by atoms with Crippen molar-refractivity contribution in [3.63, 3.8) is 0 Å². The molecule has 2 aliphatic carbocycles. The van der Waals surface area contributed by atoms with Crippen molar-refractivity contribution in [1.82, 2.24) is 24.6 Å². The lowest BCUT2D eigenvalue weighted by molar-refractivity contribution is -0.107. The van der Waals surface area contributed by atoms with Crippen molar-refractivity contribution in [2.75, 3.05) is 26.2 Å². The van der Waals surface area contributed by atoms with E-state index in [0.29, 0.717) is 23.9 Å². The number of carbonyl (C=O) groups excluding carboxylic acids is 1. The molecule has 1 aromatic carbocycles. The average Bonchev–Trinajstić information content (AvgIpc) is 3.10. The number of carbonyl (C=O) groups is 1. The monoisotopic (exact) mass is 441 g/mol. The molecule has 6 nitrogen and oxygen atoms in total. The minimum absolute atomic E-state index is 0.173. The molecule has 0 radical (unpaired) electrons. The number of aromatic nitrogens is 3. The fourth-order valence-corrected chi connectivity index (χ4v) is 6.60. The number of likely N-dealkylation sites (tertiary alicyclic amines) is 2. The molecule has 0 N–H and O–H groups in total. The van der Waals surface area contributed by atoms with Crippen LogP contribution in [-0.4, -0.2) is 56.8 Å². The molecule has 170 valence electrons. The predicted molar refractivity (Wildman–Crippen MR) is 114 cm³/mol. The van der Waals surface area contributed by atoms with Crippen LogP contribution in [0.25, 0.3) is 0 Å². The molecule has 2 aromatic rings. The molecule has 4 fully saturated rings. The molecule has 8 heteroatoms. The first-order chi connectivity index (χ1) is 15.4. The lowest BCUT2D eigenvalue weighted by Gasteiger charge is -2.63. The molecule has 2 spiro atoms. The van der Waals surface area contributed by atoms with E-state index in [2.05, 4.69) is 17.0 Å². The van der Waals surface area contributed by atoms with Crippen LogP contribution in [0.5, 0.6) is 0 Å². The molecule has 0 unspecified atom stereocenters. The molecule has 2 amide bonds. The summed E-state index contributed by atoms with van der Waals surface area (Å²) in [6, 6.07) is 4.45. The van der Waals surface area contributed by atoms with Gasteiger partial charge in [-0.1, -0.05) is 13.0 Å². The zero-order valence-corrected chi connectivity index (χ0v) is 18.4. The quantitative estimate of drug-likeness (QED) is 0.725. The van der Waals surface area contributed by atoms with Gasteiger partial charge in [-0.3, -0.25) is 0 Å². The van der Waals surface area contributed by atoms with Crippen molar-refractivity contribution in [1.29, 1.82) is 0 Å². The highest BCUT2D eigenvalue weighted by Gasteiger charge is 2.58. The Balaban J connectivity index is 0.939. The summed E-state index contributed by atoms with van der Waals surface area (Å²) in [7, 11) is 0. The van der Waals surface area contributed by atoms with Crippen LogP contribution in [0.2, 0.25) is 0 Å². The summed E-state index contributed by atoms with van der Waals surface area (Å²) in [5, 5.41) is 4.53. The van der Waals surface area contributed by atoms with Crippen LogP contribution in [0, 0.1) is 28.4 Å². The molecule has 2 saturated carbocycles. The number of rotatable bonds is 4. The maximum absolute atomic E-state index is 13.9. The van der Waals surface area contributed by atoms with E-state index in [1.165, 1.54) is 6.07 Å². The molecule has 3 heterocycles. The molecule has 0 atom stereocenters. The van der Waals surface area contributed by atoms with Gasteiger partial charge in [-0.2, -0.15) is 5.10 Å². The summed E-state index contributed by atoms with van der Waals surface area (Å²) in [6.07, 6.45) is 7.56. The van der Waals surface area contributed by atoms with Crippen LogP contribution >= 0.6 is 0 Å². The lowest BCUT2D eigenvalue weighted by Crippen LogP contribution is -2.71. The van der Waals surface area contributed by atoms with Crippen molar-refractivity contribution in [2.24, 2.45) is 16.7 Å². The van der Waals surface area contributed by atoms with Gasteiger partial charge in [-0.25, -0.2) is 23.2 Å².